The maximum absolute atomic E-state index is 13.8. The number of aromatic hydroxyl groups is 1. The second-order valence-corrected chi connectivity index (χ2v) is 8.46. The van der Waals surface area contributed by atoms with Gasteiger partial charge in [0.1, 0.15) is 17.3 Å². The second-order valence-electron chi connectivity index (χ2n) is 8.46. The Kier molecular flexibility index (Phi) is 7.45. The Morgan fingerprint density at radius 2 is 1.91 bits per heavy atom. The Balaban J connectivity index is 1.76. The molecule has 0 spiro atoms. The highest BCUT2D eigenvalue weighted by Gasteiger charge is 2.33. The zero-order chi connectivity index (χ0) is 24.9. The molecule has 3 heterocycles. The van der Waals surface area contributed by atoms with Crippen LogP contribution >= 0.6 is 0 Å². The van der Waals surface area contributed by atoms with E-state index in [4.69, 9.17) is 13.9 Å². The van der Waals surface area contributed by atoms with E-state index in [1.165, 1.54) is 0 Å². The number of piperazine rings is 1. The first-order valence-electron chi connectivity index (χ1n) is 11.7. The summed E-state index contributed by atoms with van der Waals surface area (Å²) in [6, 6.07) is 12.2. The number of hydrogen-bond donors (Lipinski definition) is 1. The molecule has 9 nitrogen and oxygen atoms in total. The molecule has 0 unspecified atom stereocenters. The number of rotatable bonds is 7. The molecule has 2 aromatic heterocycles. The van der Waals surface area contributed by atoms with Crippen LogP contribution < -0.4 is 10.3 Å². The third kappa shape index (κ3) is 5.19. The molecule has 35 heavy (non-hydrogen) atoms. The molecule has 0 aliphatic carbocycles. The smallest absolute Gasteiger partial charge is 0.409 e. The van der Waals surface area contributed by atoms with Crippen molar-refractivity contribution in [2.75, 3.05) is 39.9 Å². The summed E-state index contributed by atoms with van der Waals surface area (Å²) >= 11 is 0. The summed E-state index contributed by atoms with van der Waals surface area (Å²) < 4.78 is 17.6. The molecule has 1 fully saturated rings. The predicted octanol–water partition coefficient (Wildman–Crippen LogP) is 3.38. The zero-order valence-electron chi connectivity index (χ0n) is 20.3. The minimum atomic E-state index is -0.537. The average Bonchev–Trinajstić information content (AvgIpc) is 3.38. The van der Waals surface area contributed by atoms with Crippen LogP contribution in [0, 0.1) is 6.92 Å². The predicted molar refractivity (Wildman–Crippen MR) is 130 cm³/mol. The second kappa shape index (κ2) is 10.7. The Morgan fingerprint density at radius 3 is 2.57 bits per heavy atom. The number of amides is 1. The molecule has 1 aliphatic rings. The summed E-state index contributed by atoms with van der Waals surface area (Å²) in [6.07, 6.45) is 1.23. The molecule has 1 saturated heterocycles. The van der Waals surface area contributed by atoms with Crippen molar-refractivity contribution in [1.29, 1.82) is 0 Å². The van der Waals surface area contributed by atoms with Gasteiger partial charge in [0.05, 0.1) is 38.1 Å². The number of benzene rings is 1. The van der Waals surface area contributed by atoms with Crippen LogP contribution in [0.4, 0.5) is 4.79 Å². The number of aromatic nitrogens is 1. The monoisotopic (exact) mass is 481 g/mol. The van der Waals surface area contributed by atoms with E-state index in [0.717, 1.165) is 5.56 Å². The van der Waals surface area contributed by atoms with Crippen molar-refractivity contribution in [1.82, 2.24) is 14.4 Å². The van der Waals surface area contributed by atoms with E-state index in [0.29, 0.717) is 50.0 Å². The van der Waals surface area contributed by atoms with Gasteiger partial charge in [0.15, 0.2) is 0 Å². The van der Waals surface area contributed by atoms with Gasteiger partial charge in [-0.2, -0.15) is 0 Å². The molecule has 186 valence electrons. The van der Waals surface area contributed by atoms with Gasteiger partial charge in [0.2, 0.25) is 0 Å². The average molecular weight is 482 g/mol. The molecule has 0 bridgehead atoms. The molecule has 1 amide bonds. The summed E-state index contributed by atoms with van der Waals surface area (Å²) in [4.78, 5) is 29.8. The van der Waals surface area contributed by atoms with Gasteiger partial charge in [0.25, 0.3) is 5.56 Å². The fourth-order valence-corrected chi connectivity index (χ4v) is 4.53. The van der Waals surface area contributed by atoms with Gasteiger partial charge in [-0.15, -0.1) is 0 Å². The lowest BCUT2D eigenvalue weighted by molar-refractivity contribution is 0.0709. The third-order valence-electron chi connectivity index (χ3n) is 6.31. The lowest BCUT2D eigenvalue weighted by Crippen LogP contribution is -2.50. The fraction of sp³-hybridized carbons (Fsp3) is 0.385. The van der Waals surface area contributed by atoms with E-state index in [1.807, 2.05) is 30.3 Å². The van der Waals surface area contributed by atoms with Crippen LogP contribution in [-0.4, -0.2) is 65.5 Å². The summed E-state index contributed by atoms with van der Waals surface area (Å²) in [5, 5.41) is 11.0. The van der Waals surface area contributed by atoms with Crippen molar-refractivity contribution in [2.24, 2.45) is 0 Å². The Labute approximate surface area is 204 Å². The summed E-state index contributed by atoms with van der Waals surface area (Å²) in [6.45, 7) is 6.05. The molecule has 1 aromatic carbocycles. The number of carbonyl (C=O) groups is 1. The number of methoxy groups -OCH3 is 1. The third-order valence-corrected chi connectivity index (χ3v) is 6.31. The Morgan fingerprint density at radius 1 is 1.14 bits per heavy atom. The van der Waals surface area contributed by atoms with Gasteiger partial charge in [-0.3, -0.25) is 9.69 Å². The molecule has 1 N–H and O–H groups in total. The van der Waals surface area contributed by atoms with Crippen LogP contribution in [0.25, 0.3) is 0 Å². The highest BCUT2D eigenvalue weighted by atomic mass is 16.6. The number of furan rings is 1. The fourth-order valence-electron chi connectivity index (χ4n) is 4.53. The molecular formula is C26H31N3O6. The van der Waals surface area contributed by atoms with Crippen molar-refractivity contribution in [3.05, 3.63) is 81.7 Å². The number of ether oxygens (including phenoxy) is 2. The molecule has 0 radical (unpaired) electrons. The van der Waals surface area contributed by atoms with E-state index in [2.05, 4.69) is 4.90 Å². The SMILES string of the molecule is CCOC(=O)N1CCN([C@H](c2cccc(OC)c2)c2c(O)cc(C)n(Cc3ccco3)c2=O)CC1. The Hall–Kier alpha value is -3.72. The topological polar surface area (TPSA) is 97.4 Å². The normalized spacial score (nSPS) is 15.1. The van der Waals surface area contributed by atoms with Crippen LogP contribution in [0.2, 0.25) is 0 Å². The van der Waals surface area contributed by atoms with Gasteiger partial charge < -0.3 is 28.5 Å². The van der Waals surface area contributed by atoms with Gasteiger partial charge in [-0.1, -0.05) is 12.1 Å². The molecule has 4 rings (SSSR count). The maximum atomic E-state index is 13.8. The molecule has 1 aliphatic heterocycles. The van der Waals surface area contributed by atoms with Crippen LogP contribution in [-0.2, 0) is 11.3 Å². The first kappa shape index (κ1) is 24.4. The highest BCUT2D eigenvalue weighted by Crippen LogP contribution is 2.34. The van der Waals surface area contributed by atoms with E-state index in [1.54, 1.807) is 48.8 Å². The van der Waals surface area contributed by atoms with E-state index in [-0.39, 0.29) is 29.5 Å². The highest BCUT2D eigenvalue weighted by molar-refractivity contribution is 5.67. The van der Waals surface area contributed by atoms with Gasteiger partial charge in [0, 0.05) is 31.9 Å². The molecule has 0 saturated carbocycles. The van der Waals surface area contributed by atoms with E-state index < -0.39 is 6.04 Å². The minimum absolute atomic E-state index is 0.0659. The number of carbonyl (C=O) groups excluding carboxylic acids is 1. The number of nitrogens with zero attached hydrogens (tertiary/aromatic N) is 3. The van der Waals surface area contributed by atoms with Gasteiger partial charge in [-0.05, 0) is 49.7 Å². The number of pyridine rings is 1. The summed E-state index contributed by atoms with van der Waals surface area (Å²) in [7, 11) is 1.59. The van der Waals surface area contributed by atoms with Crippen LogP contribution in [0.5, 0.6) is 11.5 Å². The molecule has 3 aromatic rings. The van der Waals surface area contributed by atoms with Crippen molar-refractivity contribution >= 4 is 6.09 Å². The lowest BCUT2D eigenvalue weighted by Gasteiger charge is -2.39. The van der Waals surface area contributed by atoms with Crippen molar-refractivity contribution in [3.8, 4) is 11.5 Å². The van der Waals surface area contributed by atoms with Gasteiger partial charge >= 0.3 is 6.09 Å². The standard InChI is InChI=1S/C26H31N3O6/c1-4-34-26(32)28-12-10-27(11-13-28)24(19-7-5-8-20(16-19)33-3)23-22(30)15-18(2)29(25(23)31)17-21-9-6-14-35-21/h5-9,14-16,24,30H,4,10-13,17H2,1-3H3/t24-/m1/s1. The number of hydrogen-bond acceptors (Lipinski definition) is 7. The molecular weight excluding hydrogens is 450 g/mol. The summed E-state index contributed by atoms with van der Waals surface area (Å²) in [5.74, 6) is 1.23. The largest absolute Gasteiger partial charge is 0.507 e. The molecule has 9 heteroatoms. The number of aryl methyl sites for hydroxylation is 1. The minimum Gasteiger partial charge on any atom is -0.507 e. The quantitative estimate of drug-likeness (QED) is 0.553. The van der Waals surface area contributed by atoms with E-state index >= 15 is 0 Å². The maximum Gasteiger partial charge on any atom is 0.409 e. The van der Waals surface area contributed by atoms with E-state index in [9.17, 15) is 14.7 Å². The van der Waals surface area contributed by atoms with Crippen molar-refractivity contribution in [2.45, 2.75) is 26.4 Å². The first-order valence-corrected chi connectivity index (χ1v) is 11.7. The van der Waals surface area contributed by atoms with Crippen LogP contribution in [0.1, 0.15) is 35.5 Å². The van der Waals surface area contributed by atoms with Gasteiger partial charge in [-0.25, -0.2) is 4.79 Å². The Bertz CT molecular complexity index is 1210. The molecule has 1 atom stereocenters. The summed E-state index contributed by atoms with van der Waals surface area (Å²) in [5.41, 5.74) is 1.43. The van der Waals surface area contributed by atoms with Crippen LogP contribution in [0.15, 0.2) is 57.9 Å². The zero-order valence-corrected chi connectivity index (χ0v) is 20.3. The van der Waals surface area contributed by atoms with Crippen molar-refractivity contribution in [3.63, 3.8) is 0 Å². The first-order chi connectivity index (χ1) is 16.9. The van der Waals surface area contributed by atoms with Crippen LogP contribution in [0.3, 0.4) is 0 Å². The van der Waals surface area contributed by atoms with Crippen molar-refractivity contribution < 1.29 is 23.8 Å². The lowest BCUT2D eigenvalue weighted by atomic mass is 9.95.